The minimum atomic E-state index is -0.293. The second-order valence-corrected chi connectivity index (χ2v) is 5.12. The number of nitrogens with two attached hydrogens (primary N) is 1. The lowest BCUT2D eigenvalue weighted by Crippen LogP contribution is -2.48. The van der Waals surface area contributed by atoms with Crippen LogP contribution in [0.25, 0.3) is 0 Å². The van der Waals surface area contributed by atoms with Gasteiger partial charge in [-0.3, -0.25) is 9.79 Å². The van der Waals surface area contributed by atoms with Gasteiger partial charge in [-0.15, -0.1) is 0 Å². The number of thioether (sulfide) groups is 1. The van der Waals surface area contributed by atoms with E-state index in [1.165, 1.54) is 0 Å². The van der Waals surface area contributed by atoms with Gasteiger partial charge in [0.1, 0.15) is 0 Å². The molecule has 0 aromatic rings. The predicted molar refractivity (Wildman–Crippen MR) is 65.0 cm³/mol. The number of carbonyl (C=O) groups is 1. The highest BCUT2D eigenvalue weighted by atomic mass is 32.2. The average Bonchev–Trinajstić information content (AvgIpc) is 2.17. The number of carbonyl (C=O) groups excluding carboxylic acids is 1. The molecule has 3 N–H and O–H groups in total. The van der Waals surface area contributed by atoms with Crippen LogP contribution < -0.4 is 11.1 Å². The Hall–Kier alpha value is -0.710. The van der Waals surface area contributed by atoms with Gasteiger partial charge < -0.3 is 11.1 Å². The van der Waals surface area contributed by atoms with E-state index in [2.05, 4.69) is 24.2 Å². The summed E-state index contributed by atoms with van der Waals surface area (Å²) in [5.41, 5.74) is 5.22. The molecule has 1 fully saturated rings. The number of aliphatic imine (C=N–C) groups is 1. The van der Waals surface area contributed by atoms with Crippen LogP contribution in [0.3, 0.4) is 0 Å². The normalized spacial score (nSPS) is 28.8. The van der Waals surface area contributed by atoms with E-state index in [1.54, 1.807) is 11.8 Å². The van der Waals surface area contributed by atoms with Crippen LogP contribution in [0.2, 0.25) is 0 Å². The van der Waals surface area contributed by atoms with Crippen LogP contribution in [0.4, 0.5) is 0 Å². The van der Waals surface area contributed by atoms with Gasteiger partial charge in [-0.1, -0.05) is 18.7 Å². The van der Waals surface area contributed by atoms with Crippen molar-refractivity contribution in [3.05, 3.63) is 0 Å². The lowest BCUT2D eigenvalue weighted by Gasteiger charge is -2.35. The molecule has 86 valence electrons. The zero-order valence-electron chi connectivity index (χ0n) is 9.38. The number of amidine groups is 1. The molecule has 0 aromatic carbocycles. The summed E-state index contributed by atoms with van der Waals surface area (Å²) in [6, 6.07) is 0. The average molecular weight is 229 g/mol. The van der Waals surface area contributed by atoms with Gasteiger partial charge >= 0.3 is 0 Å². The smallest absolute Gasteiger partial charge is 0.219 e. The molecule has 1 amide bonds. The molecule has 0 aliphatic carbocycles. The minimum absolute atomic E-state index is 0.163. The van der Waals surface area contributed by atoms with Gasteiger partial charge in [0, 0.05) is 17.7 Å². The van der Waals surface area contributed by atoms with Crippen LogP contribution in [0.5, 0.6) is 0 Å². The summed E-state index contributed by atoms with van der Waals surface area (Å²) in [5, 5.41) is 4.36. The lowest BCUT2D eigenvalue weighted by atomic mass is 9.96. The van der Waals surface area contributed by atoms with Gasteiger partial charge in [-0.2, -0.15) is 0 Å². The van der Waals surface area contributed by atoms with Crippen molar-refractivity contribution in [1.29, 1.82) is 0 Å². The summed E-state index contributed by atoms with van der Waals surface area (Å²) >= 11 is 1.72. The first-order valence-corrected chi connectivity index (χ1v) is 6.28. The van der Waals surface area contributed by atoms with Crippen molar-refractivity contribution in [2.24, 2.45) is 10.7 Å². The summed E-state index contributed by atoms with van der Waals surface area (Å²) in [6.45, 7) is 4.87. The van der Waals surface area contributed by atoms with Crippen LogP contribution in [0, 0.1) is 0 Å². The first-order valence-electron chi connectivity index (χ1n) is 5.29. The fourth-order valence-electron chi connectivity index (χ4n) is 1.35. The SMILES string of the molecule is CCC1(C)CCSC(=NCCC(N)=O)N1. The lowest BCUT2D eigenvalue weighted by molar-refractivity contribution is -0.117. The molecule has 15 heavy (non-hydrogen) atoms. The molecule has 1 atom stereocenters. The molecule has 0 radical (unpaired) electrons. The highest BCUT2D eigenvalue weighted by molar-refractivity contribution is 8.13. The molecule has 1 rings (SSSR count). The van der Waals surface area contributed by atoms with E-state index in [0.717, 1.165) is 23.8 Å². The number of hydrogen-bond donors (Lipinski definition) is 2. The number of nitrogens with one attached hydrogen (secondary N) is 1. The second kappa shape index (κ2) is 5.39. The quantitative estimate of drug-likeness (QED) is 0.759. The van der Waals surface area contributed by atoms with Crippen LogP contribution in [0.15, 0.2) is 4.99 Å². The number of hydrogen-bond acceptors (Lipinski definition) is 3. The van der Waals surface area contributed by atoms with Crippen molar-refractivity contribution >= 4 is 22.8 Å². The zero-order valence-corrected chi connectivity index (χ0v) is 10.2. The molecule has 0 saturated carbocycles. The largest absolute Gasteiger partial charge is 0.370 e. The van der Waals surface area contributed by atoms with E-state index in [1.807, 2.05) is 0 Å². The van der Waals surface area contributed by atoms with E-state index in [9.17, 15) is 4.79 Å². The number of primary amides is 1. The maximum atomic E-state index is 10.6. The van der Waals surface area contributed by atoms with Crippen LogP contribution in [-0.2, 0) is 4.79 Å². The first kappa shape index (κ1) is 12.4. The van der Waals surface area contributed by atoms with E-state index in [4.69, 9.17) is 5.73 Å². The van der Waals surface area contributed by atoms with Gasteiger partial charge in [0.25, 0.3) is 0 Å². The van der Waals surface area contributed by atoms with Crippen LogP contribution in [0.1, 0.15) is 33.1 Å². The highest BCUT2D eigenvalue weighted by Crippen LogP contribution is 2.24. The molecule has 4 nitrogen and oxygen atoms in total. The summed E-state index contributed by atoms with van der Waals surface area (Å²) in [4.78, 5) is 14.9. The Bertz CT molecular complexity index is 267. The molecular weight excluding hydrogens is 210 g/mol. The Morgan fingerprint density at radius 1 is 1.73 bits per heavy atom. The molecule has 0 aromatic heterocycles. The third-order valence-electron chi connectivity index (χ3n) is 2.70. The molecule has 1 heterocycles. The van der Waals surface area contributed by atoms with Crippen molar-refractivity contribution in [2.75, 3.05) is 12.3 Å². The van der Waals surface area contributed by atoms with Gasteiger partial charge in [-0.05, 0) is 19.8 Å². The minimum Gasteiger partial charge on any atom is -0.370 e. The van der Waals surface area contributed by atoms with Crippen molar-refractivity contribution in [3.8, 4) is 0 Å². The summed E-state index contributed by atoms with van der Waals surface area (Å²) in [5.74, 6) is 0.797. The Morgan fingerprint density at radius 2 is 2.47 bits per heavy atom. The standard InChI is InChI=1S/C10H19N3OS/c1-3-10(2)5-7-15-9(13-10)12-6-4-8(11)14/h3-7H2,1-2H3,(H2,11,14)(H,12,13). The third-order valence-corrected chi connectivity index (χ3v) is 3.61. The molecule has 1 aliphatic heterocycles. The molecule has 1 unspecified atom stereocenters. The Balaban J connectivity index is 2.45. The van der Waals surface area contributed by atoms with E-state index >= 15 is 0 Å². The molecule has 1 aliphatic rings. The maximum absolute atomic E-state index is 10.6. The van der Waals surface area contributed by atoms with E-state index in [0.29, 0.717) is 13.0 Å². The maximum Gasteiger partial charge on any atom is 0.219 e. The molecular formula is C10H19N3OS. The summed E-state index contributed by atoms with van der Waals surface area (Å²) in [7, 11) is 0. The van der Waals surface area contributed by atoms with Gasteiger partial charge in [-0.25, -0.2) is 0 Å². The number of nitrogens with zero attached hydrogens (tertiary/aromatic N) is 1. The molecule has 1 saturated heterocycles. The van der Waals surface area contributed by atoms with Gasteiger partial charge in [0.05, 0.1) is 6.54 Å². The van der Waals surface area contributed by atoms with Crippen LogP contribution >= 0.6 is 11.8 Å². The van der Waals surface area contributed by atoms with E-state index < -0.39 is 0 Å². The molecule has 0 bridgehead atoms. The van der Waals surface area contributed by atoms with Crippen molar-refractivity contribution in [1.82, 2.24) is 5.32 Å². The predicted octanol–water partition coefficient (Wildman–Crippen LogP) is 1.11. The Morgan fingerprint density at radius 3 is 3.07 bits per heavy atom. The third kappa shape index (κ3) is 4.11. The van der Waals surface area contributed by atoms with Crippen LogP contribution in [-0.4, -0.2) is 28.9 Å². The topological polar surface area (TPSA) is 67.5 Å². The monoisotopic (exact) mass is 229 g/mol. The fourth-order valence-corrected chi connectivity index (χ4v) is 2.59. The Kier molecular flexibility index (Phi) is 4.45. The van der Waals surface area contributed by atoms with Crippen molar-refractivity contribution in [3.63, 3.8) is 0 Å². The van der Waals surface area contributed by atoms with E-state index in [-0.39, 0.29) is 11.4 Å². The fraction of sp³-hybridized carbons (Fsp3) is 0.800. The summed E-state index contributed by atoms with van der Waals surface area (Å²) < 4.78 is 0. The van der Waals surface area contributed by atoms with Crippen molar-refractivity contribution < 1.29 is 4.79 Å². The second-order valence-electron chi connectivity index (χ2n) is 4.04. The van der Waals surface area contributed by atoms with Gasteiger partial charge in [0.15, 0.2) is 5.17 Å². The summed E-state index contributed by atoms with van der Waals surface area (Å²) in [6.07, 6.45) is 2.57. The van der Waals surface area contributed by atoms with Gasteiger partial charge in [0.2, 0.25) is 5.91 Å². The zero-order chi connectivity index (χ0) is 11.3. The molecule has 0 spiro atoms. The highest BCUT2D eigenvalue weighted by Gasteiger charge is 2.27. The molecule has 5 heteroatoms. The number of amides is 1. The first-order chi connectivity index (χ1) is 7.06. The number of rotatable bonds is 4. The Labute approximate surface area is 95.1 Å². The van der Waals surface area contributed by atoms with Crippen molar-refractivity contribution in [2.45, 2.75) is 38.6 Å².